The van der Waals surface area contributed by atoms with Crippen LogP contribution in [0.3, 0.4) is 0 Å². The van der Waals surface area contributed by atoms with Gasteiger partial charge in [0.2, 0.25) is 0 Å². The Balaban J connectivity index is 2.31. The van der Waals surface area contributed by atoms with Crippen LogP contribution in [0, 0.1) is 25.5 Å². The van der Waals surface area contributed by atoms with Gasteiger partial charge in [0.1, 0.15) is 11.6 Å². The van der Waals surface area contributed by atoms with Crippen molar-refractivity contribution in [2.24, 2.45) is 5.84 Å². The molecule has 0 aliphatic heterocycles. The molecule has 21 heavy (non-hydrogen) atoms. The van der Waals surface area contributed by atoms with Gasteiger partial charge in [-0.05, 0) is 49.1 Å². The van der Waals surface area contributed by atoms with E-state index in [1.54, 1.807) is 0 Å². The molecule has 0 saturated heterocycles. The highest BCUT2D eigenvalue weighted by Gasteiger charge is 2.18. The fourth-order valence-electron chi connectivity index (χ4n) is 2.23. The van der Waals surface area contributed by atoms with Gasteiger partial charge in [-0.15, -0.1) is 0 Å². The van der Waals surface area contributed by atoms with Gasteiger partial charge in [0, 0.05) is 5.56 Å². The number of hydrogen-bond acceptors (Lipinski definition) is 2. The van der Waals surface area contributed by atoms with Crippen molar-refractivity contribution < 1.29 is 8.78 Å². The molecule has 0 aliphatic rings. The zero-order chi connectivity index (χ0) is 15.6. The Bertz CT molecular complexity index is 659. The number of nitrogens with one attached hydrogen (secondary N) is 1. The molecule has 0 saturated carbocycles. The van der Waals surface area contributed by atoms with E-state index in [0.717, 1.165) is 23.3 Å². The second kappa shape index (κ2) is 6.52. The molecule has 112 valence electrons. The summed E-state index contributed by atoms with van der Waals surface area (Å²) in [6, 6.07) is 7.50. The van der Waals surface area contributed by atoms with E-state index < -0.39 is 17.7 Å². The third kappa shape index (κ3) is 3.59. The molecule has 1 unspecified atom stereocenters. The van der Waals surface area contributed by atoms with Gasteiger partial charge in [-0.1, -0.05) is 29.8 Å². The molecule has 0 heterocycles. The van der Waals surface area contributed by atoms with E-state index in [1.165, 1.54) is 5.56 Å². The summed E-state index contributed by atoms with van der Waals surface area (Å²) < 4.78 is 27.5. The summed E-state index contributed by atoms with van der Waals surface area (Å²) in [5.74, 6) is 4.27. The van der Waals surface area contributed by atoms with Crippen molar-refractivity contribution in [3.05, 3.63) is 69.2 Å². The van der Waals surface area contributed by atoms with Crippen molar-refractivity contribution in [2.75, 3.05) is 0 Å². The molecule has 2 nitrogen and oxygen atoms in total. The zero-order valence-electron chi connectivity index (χ0n) is 11.9. The monoisotopic (exact) mass is 310 g/mol. The average Bonchev–Trinajstić information content (AvgIpc) is 2.44. The van der Waals surface area contributed by atoms with Crippen molar-refractivity contribution in [3.8, 4) is 0 Å². The third-order valence-corrected chi connectivity index (χ3v) is 3.92. The number of hydrazine groups is 1. The molecule has 0 aliphatic carbocycles. The van der Waals surface area contributed by atoms with Crippen LogP contribution in [0.5, 0.6) is 0 Å². The molecule has 0 bridgehead atoms. The molecular formula is C16H17ClF2N2. The Labute approximate surface area is 127 Å². The van der Waals surface area contributed by atoms with E-state index in [1.807, 2.05) is 32.0 Å². The Hall–Kier alpha value is -1.49. The maximum Gasteiger partial charge on any atom is 0.142 e. The molecule has 2 rings (SSSR count). The molecule has 0 radical (unpaired) electrons. The lowest BCUT2D eigenvalue weighted by atomic mass is 9.96. The summed E-state index contributed by atoms with van der Waals surface area (Å²) >= 11 is 5.57. The highest BCUT2D eigenvalue weighted by molar-refractivity contribution is 6.30. The van der Waals surface area contributed by atoms with Crippen LogP contribution < -0.4 is 11.3 Å². The molecular weight excluding hydrogens is 294 g/mol. The minimum Gasteiger partial charge on any atom is -0.271 e. The van der Waals surface area contributed by atoms with E-state index in [0.29, 0.717) is 6.42 Å². The van der Waals surface area contributed by atoms with Gasteiger partial charge in [-0.25, -0.2) is 8.78 Å². The summed E-state index contributed by atoms with van der Waals surface area (Å²) in [4.78, 5) is 0. The minimum atomic E-state index is -0.659. The van der Waals surface area contributed by atoms with Gasteiger partial charge < -0.3 is 0 Å². The van der Waals surface area contributed by atoms with E-state index in [-0.39, 0.29) is 10.6 Å². The van der Waals surface area contributed by atoms with Crippen LogP contribution >= 0.6 is 11.6 Å². The first-order valence-electron chi connectivity index (χ1n) is 6.59. The second-order valence-corrected chi connectivity index (χ2v) is 5.54. The van der Waals surface area contributed by atoms with Crippen molar-refractivity contribution in [1.82, 2.24) is 5.43 Å². The Morgan fingerprint density at radius 2 is 1.81 bits per heavy atom. The third-order valence-electron chi connectivity index (χ3n) is 3.63. The molecule has 0 aromatic heterocycles. The lowest BCUT2D eigenvalue weighted by molar-refractivity contribution is 0.502. The first-order chi connectivity index (χ1) is 9.92. The number of nitrogens with two attached hydrogens (primary N) is 1. The number of hydrogen-bond donors (Lipinski definition) is 2. The standard InChI is InChI=1S/C16H17ClF2N2/c1-9-3-4-11(5-10(9)2)6-16(21-20)12-7-15(19)13(17)8-14(12)18/h3-5,7-8,16,21H,6,20H2,1-2H3. The van der Waals surface area contributed by atoms with Gasteiger partial charge in [0.25, 0.3) is 0 Å². The van der Waals surface area contributed by atoms with Crippen molar-refractivity contribution in [3.63, 3.8) is 0 Å². The average molecular weight is 311 g/mol. The minimum absolute atomic E-state index is 0.164. The van der Waals surface area contributed by atoms with Crippen LogP contribution in [0.25, 0.3) is 0 Å². The van der Waals surface area contributed by atoms with Crippen LogP contribution in [0.2, 0.25) is 5.02 Å². The Kier molecular flexibility index (Phi) is 4.93. The molecule has 2 aromatic carbocycles. The van der Waals surface area contributed by atoms with Crippen LogP contribution in [0.1, 0.15) is 28.3 Å². The van der Waals surface area contributed by atoms with E-state index in [9.17, 15) is 8.78 Å². The fraction of sp³-hybridized carbons (Fsp3) is 0.250. The predicted octanol–water partition coefficient (Wildman–Crippen LogP) is 3.98. The smallest absolute Gasteiger partial charge is 0.142 e. The van der Waals surface area contributed by atoms with E-state index >= 15 is 0 Å². The number of benzene rings is 2. The summed E-state index contributed by atoms with van der Waals surface area (Å²) in [5.41, 5.74) is 6.02. The fourth-order valence-corrected chi connectivity index (χ4v) is 2.38. The Morgan fingerprint density at radius 3 is 2.43 bits per heavy atom. The first-order valence-corrected chi connectivity index (χ1v) is 6.97. The van der Waals surface area contributed by atoms with Crippen LogP contribution in [0.15, 0.2) is 30.3 Å². The van der Waals surface area contributed by atoms with Crippen molar-refractivity contribution in [2.45, 2.75) is 26.3 Å². The van der Waals surface area contributed by atoms with Crippen molar-refractivity contribution in [1.29, 1.82) is 0 Å². The molecule has 0 spiro atoms. The van der Waals surface area contributed by atoms with Crippen LogP contribution in [-0.4, -0.2) is 0 Å². The molecule has 0 fully saturated rings. The maximum absolute atomic E-state index is 14.0. The predicted molar refractivity (Wildman–Crippen MR) is 81.1 cm³/mol. The van der Waals surface area contributed by atoms with Crippen molar-refractivity contribution >= 4 is 11.6 Å². The molecule has 5 heteroatoms. The lowest BCUT2D eigenvalue weighted by Gasteiger charge is -2.18. The molecule has 2 aromatic rings. The number of rotatable bonds is 4. The first kappa shape index (κ1) is 15.9. The molecule has 0 amide bonds. The summed E-state index contributed by atoms with van der Waals surface area (Å²) in [5, 5.41) is -0.238. The second-order valence-electron chi connectivity index (χ2n) is 5.13. The quantitative estimate of drug-likeness (QED) is 0.509. The van der Waals surface area contributed by atoms with E-state index in [2.05, 4.69) is 5.43 Å². The number of aryl methyl sites for hydroxylation is 2. The summed E-state index contributed by atoms with van der Waals surface area (Å²) in [6.07, 6.45) is 0.454. The van der Waals surface area contributed by atoms with Gasteiger partial charge in [-0.3, -0.25) is 11.3 Å². The lowest BCUT2D eigenvalue weighted by Crippen LogP contribution is -2.30. The summed E-state index contributed by atoms with van der Waals surface area (Å²) in [6.45, 7) is 4.03. The van der Waals surface area contributed by atoms with Crippen LogP contribution in [0.4, 0.5) is 8.78 Å². The van der Waals surface area contributed by atoms with E-state index in [4.69, 9.17) is 17.4 Å². The normalized spacial score (nSPS) is 12.5. The molecule has 3 N–H and O–H groups in total. The van der Waals surface area contributed by atoms with Gasteiger partial charge in [-0.2, -0.15) is 0 Å². The zero-order valence-corrected chi connectivity index (χ0v) is 12.6. The maximum atomic E-state index is 14.0. The largest absolute Gasteiger partial charge is 0.271 e. The van der Waals surface area contributed by atoms with Gasteiger partial charge >= 0.3 is 0 Å². The highest BCUT2D eigenvalue weighted by Crippen LogP contribution is 2.26. The van der Waals surface area contributed by atoms with Crippen LogP contribution in [-0.2, 0) is 6.42 Å². The number of halogens is 3. The topological polar surface area (TPSA) is 38.0 Å². The Morgan fingerprint density at radius 1 is 1.10 bits per heavy atom. The van der Waals surface area contributed by atoms with Gasteiger partial charge in [0.05, 0.1) is 11.1 Å². The molecule has 1 atom stereocenters. The highest BCUT2D eigenvalue weighted by atomic mass is 35.5. The SMILES string of the molecule is Cc1ccc(CC(NN)c2cc(F)c(Cl)cc2F)cc1C. The summed E-state index contributed by atoms with van der Waals surface area (Å²) in [7, 11) is 0. The van der Waals surface area contributed by atoms with Gasteiger partial charge in [0.15, 0.2) is 0 Å².